The minimum absolute atomic E-state index is 0.00505. The van der Waals surface area contributed by atoms with Crippen LogP contribution >= 0.6 is 0 Å². The number of hydrogen-bond acceptors (Lipinski definition) is 3. The zero-order valence-corrected chi connectivity index (χ0v) is 13.7. The van der Waals surface area contributed by atoms with Gasteiger partial charge in [0.2, 0.25) is 0 Å². The smallest absolute Gasteiger partial charge is 0.326 e. The van der Waals surface area contributed by atoms with E-state index >= 15 is 0 Å². The summed E-state index contributed by atoms with van der Waals surface area (Å²) in [6.45, 7) is 5.26. The topological polar surface area (TPSA) is 78.9 Å². The highest BCUT2D eigenvalue weighted by atomic mass is 16.5. The SMILES string of the molecule is C=CCO[C@H]1CCCN(C(=O)N[C@H](C(=O)O)C2CCCCC2)C1. The zero-order valence-electron chi connectivity index (χ0n) is 13.7. The molecular formula is C17H28N2O4. The molecule has 2 amide bonds. The fourth-order valence-corrected chi connectivity index (χ4v) is 3.54. The van der Waals surface area contributed by atoms with Gasteiger partial charge in [0, 0.05) is 13.1 Å². The predicted molar refractivity (Wildman–Crippen MR) is 87.3 cm³/mol. The van der Waals surface area contributed by atoms with Gasteiger partial charge in [0.1, 0.15) is 6.04 Å². The second-order valence-electron chi connectivity index (χ2n) is 6.50. The maximum Gasteiger partial charge on any atom is 0.326 e. The third-order valence-corrected chi connectivity index (χ3v) is 4.78. The summed E-state index contributed by atoms with van der Waals surface area (Å²) in [7, 11) is 0. The normalized spacial score (nSPS) is 24.0. The van der Waals surface area contributed by atoms with Gasteiger partial charge in [-0.2, -0.15) is 0 Å². The molecule has 1 aliphatic carbocycles. The molecule has 1 heterocycles. The Bertz CT molecular complexity index is 421. The number of nitrogens with one attached hydrogen (secondary N) is 1. The number of carbonyl (C=O) groups excluding carboxylic acids is 1. The van der Waals surface area contributed by atoms with E-state index in [2.05, 4.69) is 11.9 Å². The number of aliphatic carboxylic acids is 1. The summed E-state index contributed by atoms with van der Waals surface area (Å²) in [5.41, 5.74) is 0. The first kappa shape index (κ1) is 17.8. The van der Waals surface area contributed by atoms with Crippen molar-refractivity contribution < 1.29 is 19.4 Å². The van der Waals surface area contributed by atoms with E-state index in [-0.39, 0.29) is 18.1 Å². The van der Waals surface area contributed by atoms with Crippen molar-refractivity contribution in [1.29, 1.82) is 0 Å². The van der Waals surface area contributed by atoms with Crippen LogP contribution in [0.15, 0.2) is 12.7 Å². The van der Waals surface area contributed by atoms with Gasteiger partial charge in [-0.05, 0) is 31.6 Å². The van der Waals surface area contributed by atoms with Crippen molar-refractivity contribution in [3.63, 3.8) is 0 Å². The second-order valence-corrected chi connectivity index (χ2v) is 6.50. The van der Waals surface area contributed by atoms with E-state index in [1.165, 1.54) is 0 Å². The summed E-state index contributed by atoms with van der Waals surface area (Å²) in [6, 6.07) is -1.06. The van der Waals surface area contributed by atoms with Gasteiger partial charge in [0.25, 0.3) is 0 Å². The minimum atomic E-state index is -0.929. The molecule has 2 atom stereocenters. The maximum atomic E-state index is 12.5. The number of ether oxygens (including phenoxy) is 1. The Morgan fingerprint density at radius 1 is 1.26 bits per heavy atom. The number of hydrogen-bond donors (Lipinski definition) is 2. The fourth-order valence-electron chi connectivity index (χ4n) is 3.54. The van der Waals surface area contributed by atoms with Crippen molar-refractivity contribution in [1.82, 2.24) is 10.2 Å². The largest absolute Gasteiger partial charge is 0.480 e. The lowest BCUT2D eigenvalue weighted by Crippen LogP contribution is -2.54. The number of carboxylic acids is 1. The summed E-state index contributed by atoms with van der Waals surface area (Å²) < 4.78 is 5.63. The lowest BCUT2D eigenvalue weighted by molar-refractivity contribution is -0.141. The number of rotatable bonds is 6. The first-order valence-corrected chi connectivity index (χ1v) is 8.62. The maximum absolute atomic E-state index is 12.5. The molecule has 130 valence electrons. The zero-order chi connectivity index (χ0) is 16.7. The lowest BCUT2D eigenvalue weighted by Gasteiger charge is -2.35. The van der Waals surface area contributed by atoms with E-state index < -0.39 is 12.0 Å². The Kier molecular flexibility index (Phi) is 6.89. The van der Waals surface area contributed by atoms with Crippen LogP contribution in [0.3, 0.4) is 0 Å². The van der Waals surface area contributed by atoms with Gasteiger partial charge < -0.3 is 20.1 Å². The molecule has 2 N–H and O–H groups in total. The van der Waals surface area contributed by atoms with Crippen LogP contribution in [0.2, 0.25) is 0 Å². The van der Waals surface area contributed by atoms with Gasteiger partial charge in [-0.25, -0.2) is 9.59 Å². The molecule has 0 bridgehead atoms. The average molecular weight is 324 g/mol. The van der Waals surface area contributed by atoms with Crippen LogP contribution in [0.5, 0.6) is 0 Å². The molecule has 2 fully saturated rings. The third kappa shape index (κ3) is 5.23. The highest BCUT2D eigenvalue weighted by molar-refractivity contribution is 5.82. The molecule has 1 aliphatic heterocycles. The summed E-state index contributed by atoms with van der Waals surface area (Å²) >= 11 is 0. The molecule has 0 spiro atoms. The molecule has 0 radical (unpaired) electrons. The van der Waals surface area contributed by atoms with Crippen molar-refractivity contribution in [2.45, 2.75) is 57.1 Å². The van der Waals surface area contributed by atoms with E-state index in [0.717, 1.165) is 44.9 Å². The molecule has 1 saturated heterocycles. The minimum Gasteiger partial charge on any atom is -0.480 e. The number of likely N-dealkylation sites (tertiary alicyclic amines) is 1. The van der Waals surface area contributed by atoms with Gasteiger partial charge >= 0.3 is 12.0 Å². The van der Waals surface area contributed by atoms with Crippen LogP contribution in [0.1, 0.15) is 44.9 Å². The van der Waals surface area contributed by atoms with E-state index in [1.54, 1.807) is 11.0 Å². The molecule has 23 heavy (non-hydrogen) atoms. The van der Waals surface area contributed by atoms with Gasteiger partial charge in [-0.15, -0.1) is 6.58 Å². The number of amides is 2. The van der Waals surface area contributed by atoms with Gasteiger partial charge in [-0.3, -0.25) is 0 Å². The molecule has 6 heteroatoms. The molecule has 0 aromatic carbocycles. The first-order valence-electron chi connectivity index (χ1n) is 8.62. The first-order chi connectivity index (χ1) is 11.1. The Morgan fingerprint density at radius 3 is 2.65 bits per heavy atom. The number of carbonyl (C=O) groups is 2. The van der Waals surface area contributed by atoms with E-state index in [9.17, 15) is 14.7 Å². The fraction of sp³-hybridized carbons (Fsp3) is 0.765. The number of nitrogens with zero attached hydrogens (tertiary/aromatic N) is 1. The van der Waals surface area contributed by atoms with Crippen LogP contribution in [-0.4, -0.2) is 53.8 Å². The third-order valence-electron chi connectivity index (χ3n) is 4.78. The Labute approximate surface area is 137 Å². The molecule has 6 nitrogen and oxygen atoms in total. The number of carboxylic acid groups (broad SMARTS) is 1. The summed E-state index contributed by atoms with van der Waals surface area (Å²) in [6.07, 6.45) is 8.50. The van der Waals surface area contributed by atoms with Crippen molar-refractivity contribution in [2.75, 3.05) is 19.7 Å². The van der Waals surface area contributed by atoms with Crippen LogP contribution in [-0.2, 0) is 9.53 Å². The summed E-state index contributed by atoms with van der Waals surface area (Å²) in [4.78, 5) is 25.7. The molecule has 1 saturated carbocycles. The molecule has 0 unspecified atom stereocenters. The number of piperidine rings is 1. The second kappa shape index (κ2) is 8.91. The molecular weight excluding hydrogens is 296 g/mol. The Morgan fingerprint density at radius 2 is 2.00 bits per heavy atom. The predicted octanol–water partition coefficient (Wildman–Crippen LogP) is 2.40. The Hall–Kier alpha value is -1.56. The van der Waals surface area contributed by atoms with Gasteiger partial charge in [0.05, 0.1) is 12.7 Å². The number of urea groups is 1. The molecule has 0 aromatic rings. The highest BCUT2D eigenvalue weighted by Crippen LogP contribution is 2.27. The standard InChI is InChI=1S/C17H28N2O4/c1-2-11-23-14-9-6-10-19(12-14)17(22)18-15(16(20)21)13-7-4-3-5-8-13/h2,13-15H,1,3-12H2,(H,18,22)(H,20,21)/t14-,15-/m0/s1. The van der Waals surface area contributed by atoms with Crippen molar-refractivity contribution in [2.24, 2.45) is 5.92 Å². The van der Waals surface area contributed by atoms with Crippen LogP contribution in [0.4, 0.5) is 4.79 Å². The van der Waals surface area contributed by atoms with E-state index in [4.69, 9.17) is 4.74 Å². The van der Waals surface area contributed by atoms with Crippen LogP contribution in [0.25, 0.3) is 0 Å². The monoisotopic (exact) mass is 324 g/mol. The van der Waals surface area contributed by atoms with Crippen molar-refractivity contribution >= 4 is 12.0 Å². The van der Waals surface area contributed by atoms with Crippen molar-refractivity contribution in [3.8, 4) is 0 Å². The lowest BCUT2D eigenvalue weighted by atomic mass is 9.84. The summed E-state index contributed by atoms with van der Waals surface area (Å²) in [5.74, 6) is -0.885. The quantitative estimate of drug-likeness (QED) is 0.735. The summed E-state index contributed by atoms with van der Waals surface area (Å²) in [5, 5.41) is 12.2. The van der Waals surface area contributed by atoms with Crippen LogP contribution < -0.4 is 5.32 Å². The van der Waals surface area contributed by atoms with E-state index in [0.29, 0.717) is 19.7 Å². The van der Waals surface area contributed by atoms with Crippen LogP contribution in [0, 0.1) is 5.92 Å². The highest BCUT2D eigenvalue weighted by Gasteiger charge is 2.33. The average Bonchev–Trinajstić information content (AvgIpc) is 2.58. The van der Waals surface area contributed by atoms with E-state index in [1.807, 2.05) is 0 Å². The van der Waals surface area contributed by atoms with Gasteiger partial charge in [0.15, 0.2) is 0 Å². The molecule has 2 rings (SSSR count). The van der Waals surface area contributed by atoms with Gasteiger partial charge in [-0.1, -0.05) is 25.3 Å². The Balaban J connectivity index is 1.89. The molecule has 2 aliphatic rings. The molecule has 0 aromatic heterocycles. The van der Waals surface area contributed by atoms with Crippen molar-refractivity contribution in [3.05, 3.63) is 12.7 Å².